The topological polar surface area (TPSA) is 63.6 Å². The zero-order chi connectivity index (χ0) is 14.4. The number of carboxylic acids is 1. The highest BCUT2D eigenvalue weighted by atomic mass is 19.1. The highest BCUT2D eigenvalue weighted by Crippen LogP contribution is 2.20. The van der Waals surface area contributed by atoms with E-state index in [0.717, 1.165) is 24.3 Å². The number of esters is 1. The molecule has 4 nitrogen and oxygen atoms in total. The molecule has 19 heavy (non-hydrogen) atoms. The molecule has 0 heterocycles. The van der Waals surface area contributed by atoms with Gasteiger partial charge >= 0.3 is 11.9 Å². The Hall–Kier alpha value is -2.24. The number of halogens is 2. The van der Waals surface area contributed by atoms with Crippen molar-refractivity contribution in [3.8, 4) is 0 Å². The molecule has 0 bridgehead atoms. The predicted molar refractivity (Wildman–Crippen MR) is 63.4 cm³/mol. The van der Waals surface area contributed by atoms with Crippen molar-refractivity contribution in [3.63, 3.8) is 0 Å². The Morgan fingerprint density at radius 1 is 1.32 bits per heavy atom. The molecule has 1 aromatic rings. The number of rotatable bonds is 5. The van der Waals surface area contributed by atoms with E-state index >= 15 is 0 Å². The summed E-state index contributed by atoms with van der Waals surface area (Å²) < 4.78 is 31.6. The molecule has 0 aliphatic rings. The summed E-state index contributed by atoms with van der Waals surface area (Å²) in [6, 6.07) is 1.71. The summed E-state index contributed by atoms with van der Waals surface area (Å²) in [7, 11) is 0. The molecule has 0 aromatic heterocycles. The molecule has 102 valence electrons. The van der Waals surface area contributed by atoms with Crippen LogP contribution in [0.25, 0.3) is 6.08 Å². The zero-order valence-corrected chi connectivity index (χ0v) is 10.2. The second kappa shape index (κ2) is 6.63. The van der Waals surface area contributed by atoms with Crippen molar-refractivity contribution in [1.29, 1.82) is 0 Å². The van der Waals surface area contributed by atoms with Crippen LogP contribution in [0.1, 0.15) is 18.1 Å². The molecule has 6 heteroatoms. The first-order valence-electron chi connectivity index (χ1n) is 5.49. The lowest BCUT2D eigenvalue weighted by molar-refractivity contribution is -0.137. The van der Waals surface area contributed by atoms with Gasteiger partial charge < -0.3 is 9.84 Å². The molecule has 0 amide bonds. The zero-order valence-electron chi connectivity index (χ0n) is 10.2. The van der Waals surface area contributed by atoms with E-state index in [1.54, 1.807) is 6.92 Å². The first kappa shape index (κ1) is 14.8. The monoisotopic (exact) mass is 270 g/mol. The Balaban J connectivity index is 3.14. The molecule has 0 fully saturated rings. The van der Waals surface area contributed by atoms with Crippen molar-refractivity contribution < 1.29 is 28.2 Å². The van der Waals surface area contributed by atoms with Gasteiger partial charge in [0, 0.05) is 17.2 Å². The van der Waals surface area contributed by atoms with Gasteiger partial charge in [0.25, 0.3) is 0 Å². The van der Waals surface area contributed by atoms with Gasteiger partial charge in [0.1, 0.15) is 11.6 Å². The minimum Gasteiger partial charge on any atom is -0.481 e. The maximum Gasteiger partial charge on any atom is 0.330 e. The molecule has 0 aliphatic carbocycles. The molecule has 1 aromatic carbocycles. The number of aliphatic carboxylic acids is 1. The Bertz CT molecular complexity index is 524. The molecular weight excluding hydrogens is 258 g/mol. The lowest BCUT2D eigenvalue weighted by Gasteiger charge is -2.06. The van der Waals surface area contributed by atoms with Gasteiger partial charge in [-0.05, 0) is 25.1 Å². The number of hydrogen-bond donors (Lipinski definition) is 1. The summed E-state index contributed by atoms with van der Waals surface area (Å²) in [5, 5.41) is 8.66. The Kier molecular flexibility index (Phi) is 5.17. The summed E-state index contributed by atoms with van der Waals surface area (Å²) in [4.78, 5) is 21.7. The van der Waals surface area contributed by atoms with E-state index in [9.17, 15) is 18.4 Å². The maximum atomic E-state index is 13.6. The molecule has 1 N–H and O–H groups in total. The van der Waals surface area contributed by atoms with Crippen LogP contribution in [-0.4, -0.2) is 23.7 Å². The lowest BCUT2D eigenvalue weighted by Crippen LogP contribution is -2.06. The number of carbonyl (C=O) groups is 2. The van der Waals surface area contributed by atoms with Crippen molar-refractivity contribution in [1.82, 2.24) is 0 Å². The number of benzene rings is 1. The maximum absolute atomic E-state index is 13.6. The fraction of sp³-hybridized carbons (Fsp3) is 0.231. The van der Waals surface area contributed by atoms with Gasteiger partial charge in [-0.3, -0.25) is 4.79 Å². The molecule has 0 atom stereocenters. The average molecular weight is 270 g/mol. The molecule has 0 saturated carbocycles. The van der Waals surface area contributed by atoms with E-state index in [2.05, 4.69) is 4.74 Å². The SMILES string of the molecule is CCOC(=O)/C=C/c1c(F)ccc(F)c1CC(=O)O. The quantitative estimate of drug-likeness (QED) is 0.658. The van der Waals surface area contributed by atoms with Crippen LogP contribution in [0.2, 0.25) is 0 Å². The second-order valence-corrected chi connectivity index (χ2v) is 3.58. The summed E-state index contributed by atoms with van der Waals surface area (Å²) in [6.45, 7) is 1.75. The van der Waals surface area contributed by atoms with Crippen molar-refractivity contribution in [2.75, 3.05) is 6.61 Å². The Labute approximate surface area is 108 Å². The predicted octanol–water partition coefficient (Wildman–Crippen LogP) is 2.17. The molecule has 1 rings (SSSR count). The van der Waals surface area contributed by atoms with E-state index in [1.165, 1.54) is 0 Å². The number of carbonyl (C=O) groups excluding carboxylic acids is 1. The van der Waals surface area contributed by atoms with Gasteiger partial charge in [-0.1, -0.05) is 0 Å². The Morgan fingerprint density at radius 2 is 1.95 bits per heavy atom. The van der Waals surface area contributed by atoms with Crippen LogP contribution < -0.4 is 0 Å². The fourth-order valence-corrected chi connectivity index (χ4v) is 1.46. The van der Waals surface area contributed by atoms with Gasteiger partial charge in [-0.15, -0.1) is 0 Å². The van der Waals surface area contributed by atoms with Crippen molar-refractivity contribution in [2.45, 2.75) is 13.3 Å². The first-order chi connectivity index (χ1) is 8.95. The van der Waals surface area contributed by atoms with E-state index in [4.69, 9.17) is 5.11 Å². The highest BCUT2D eigenvalue weighted by molar-refractivity contribution is 5.87. The van der Waals surface area contributed by atoms with E-state index < -0.39 is 30.0 Å². The molecule has 0 radical (unpaired) electrons. The lowest BCUT2D eigenvalue weighted by atomic mass is 10.0. The molecule has 0 saturated heterocycles. The third-order valence-electron chi connectivity index (χ3n) is 2.25. The van der Waals surface area contributed by atoms with Crippen LogP contribution in [0.4, 0.5) is 8.78 Å². The number of ether oxygens (including phenoxy) is 1. The smallest absolute Gasteiger partial charge is 0.330 e. The van der Waals surface area contributed by atoms with E-state index in [0.29, 0.717) is 0 Å². The largest absolute Gasteiger partial charge is 0.481 e. The van der Waals surface area contributed by atoms with Gasteiger partial charge in [0.15, 0.2) is 0 Å². The van der Waals surface area contributed by atoms with Gasteiger partial charge in [-0.25, -0.2) is 13.6 Å². The van der Waals surface area contributed by atoms with Gasteiger partial charge in [-0.2, -0.15) is 0 Å². The normalized spacial score (nSPS) is 10.7. The highest BCUT2D eigenvalue weighted by Gasteiger charge is 2.15. The average Bonchev–Trinajstić information content (AvgIpc) is 2.33. The van der Waals surface area contributed by atoms with Crippen LogP contribution in [0, 0.1) is 11.6 Å². The number of carboxylic acid groups (broad SMARTS) is 1. The third-order valence-corrected chi connectivity index (χ3v) is 2.25. The van der Waals surface area contributed by atoms with Crippen LogP contribution in [0.3, 0.4) is 0 Å². The Morgan fingerprint density at radius 3 is 2.53 bits per heavy atom. The van der Waals surface area contributed by atoms with E-state index in [1.807, 2.05) is 0 Å². The molecular formula is C13H12F2O4. The summed E-state index contributed by atoms with van der Waals surface area (Å²) >= 11 is 0. The van der Waals surface area contributed by atoms with E-state index in [-0.39, 0.29) is 17.7 Å². The second-order valence-electron chi connectivity index (χ2n) is 3.58. The summed E-state index contributed by atoms with van der Waals surface area (Å²) in [5.41, 5.74) is -0.580. The summed E-state index contributed by atoms with van der Waals surface area (Å²) in [6.07, 6.45) is 1.26. The fourth-order valence-electron chi connectivity index (χ4n) is 1.46. The summed E-state index contributed by atoms with van der Waals surface area (Å²) in [5.74, 6) is -3.66. The first-order valence-corrected chi connectivity index (χ1v) is 5.49. The third kappa shape index (κ3) is 4.17. The minimum atomic E-state index is -1.30. The van der Waals surface area contributed by atoms with Crippen LogP contribution in [-0.2, 0) is 20.7 Å². The van der Waals surface area contributed by atoms with Crippen molar-refractivity contribution in [3.05, 3.63) is 41.0 Å². The molecule has 0 aliphatic heterocycles. The molecule has 0 unspecified atom stereocenters. The van der Waals surface area contributed by atoms with Crippen molar-refractivity contribution >= 4 is 18.0 Å². The van der Waals surface area contributed by atoms with Gasteiger partial charge in [0.2, 0.25) is 0 Å². The standard InChI is InChI=1S/C13H12F2O4/c1-2-19-13(18)6-3-8-9(7-12(16)17)11(15)5-4-10(8)14/h3-6H,2,7H2,1H3,(H,16,17)/b6-3+. The van der Waals surface area contributed by atoms with Gasteiger partial charge in [0.05, 0.1) is 13.0 Å². The van der Waals surface area contributed by atoms with Crippen LogP contribution >= 0.6 is 0 Å². The minimum absolute atomic E-state index is 0.150. The van der Waals surface area contributed by atoms with Crippen molar-refractivity contribution in [2.24, 2.45) is 0 Å². The molecule has 0 spiro atoms. The number of hydrogen-bond acceptors (Lipinski definition) is 3. The van der Waals surface area contributed by atoms with Crippen LogP contribution in [0.5, 0.6) is 0 Å². The van der Waals surface area contributed by atoms with Crippen LogP contribution in [0.15, 0.2) is 18.2 Å².